The van der Waals surface area contributed by atoms with Crippen molar-refractivity contribution in [3.8, 4) is 0 Å². The van der Waals surface area contributed by atoms with Crippen molar-refractivity contribution < 1.29 is 18.0 Å². The second-order valence-corrected chi connectivity index (χ2v) is 4.55. The topological polar surface area (TPSA) is 70.2 Å². The fourth-order valence-corrected chi connectivity index (χ4v) is 2.15. The summed E-state index contributed by atoms with van der Waals surface area (Å²) in [5.74, 6) is -1.11. The highest BCUT2D eigenvalue weighted by atomic mass is 19.3. The average Bonchev–Trinajstić information content (AvgIpc) is 2.46. The molecule has 6 nitrogen and oxygen atoms in total. The van der Waals surface area contributed by atoms with Crippen molar-refractivity contribution in [2.75, 3.05) is 29.9 Å². The minimum atomic E-state index is -2.62. The molecule has 2 rings (SSSR count). The van der Waals surface area contributed by atoms with E-state index < -0.39 is 24.8 Å². The smallest absolute Gasteiger partial charge is 0.255 e. The van der Waals surface area contributed by atoms with Crippen LogP contribution in [0.25, 0.3) is 0 Å². The minimum absolute atomic E-state index is 0.148. The summed E-state index contributed by atoms with van der Waals surface area (Å²) in [6.45, 7) is 2.03. The van der Waals surface area contributed by atoms with Gasteiger partial charge in [0, 0.05) is 13.1 Å². The Morgan fingerprint density at radius 3 is 3.00 bits per heavy atom. The van der Waals surface area contributed by atoms with E-state index in [1.54, 1.807) is 4.90 Å². The molecule has 1 aliphatic heterocycles. The van der Waals surface area contributed by atoms with Gasteiger partial charge in [-0.2, -0.15) is 4.98 Å². The highest BCUT2D eigenvalue weighted by Gasteiger charge is 2.30. The molecule has 1 saturated heterocycles. The molecular weight excluding hydrogens is 287 g/mol. The molecule has 0 unspecified atom stereocenters. The van der Waals surface area contributed by atoms with Gasteiger partial charge in [-0.1, -0.05) is 6.92 Å². The van der Waals surface area contributed by atoms with Crippen molar-refractivity contribution in [2.45, 2.75) is 25.8 Å². The minimum Gasteiger partial charge on any atom is -0.362 e. The van der Waals surface area contributed by atoms with Crippen LogP contribution in [0.15, 0.2) is 6.20 Å². The van der Waals surface area contributed by atoms with Crippen LogP contribution in [0.4, 0.5) is 24.9 Å². The fraction of sp³-hybridized carbons (Fsp3) is 0.583. The largest absolute Gasteiger partial charge is 0.362 e. The lowest BCUT2D eigenvalue weighted by atomic mass is 10.1. The highest BCUT2D eigenvalue weighted by molar-refractivity contribution is 5.85. The van der Waals surface area contributed by atoms with Crippen molar-refractivity contribution >= 4 is 17.7 Å². The number of rotatable bonds is 5. The monoisotopic (exact) mass is 303 g/mol. The first-order chi connectivity index (χ1) is 10.0. The highest BCUT2D eigenvalue weighted by Crippen LogP contribution is 2.19. The number of aromatic nitrogens is 2. The zero-order chi connectivity index (χ0) is 15.4. The molecule has 0 radical (unpaired) electrons. The number of halogens is 3. The molecule has 1 amide bonds. The van der Waals surface area contributed by atoms with Gasteiger partial charge < -0.3 is 15.5 Å². The van der Waals surface area contributed by atoms with Crippen molar-refractivity contribution in [1.82, 2.24) is 15.3 Å². The van der Waals surface area contributed by atoms with Gasteiger partial charge in [0.25, 0.3) is 6.43 Å². The molecule has 1 aliphatic rings. The Morgan fingerprint density at radius 2 is 2.33 bits per heavy atom. The van der Waals surface area contributed by atoms with Gasteiger partial charge in [0.05, 0.1) is 12.7 Å². The molecule has 0 aliphatic carbocycles. The number of piperazine rings is 1. The molecule has 1 aromatic heterocycles. The van der Waals surface area contributed by atoms with Crippen LogP contribution in [0.5, 0.6) is 0 Å². The summed E-state index contributed by atoms with van der Waals surface area (Å²) in [5.41, 5.74) is 0. The van der Waals surface area contributed by atoms with Gasteiger partial charge in [-0.3, -0.25) is 4.79 Å². The predicted octanol–water partition coefficient (Wildman–Crippen LogP) is 1.01. The fourth-order valence-electron chi connectivity index (χ4n) is 2.15. The van der Waals surface area contributed by atoms with Crippen molar-refractivity contribution in [3.05, 3.63) is 12.0 Å². The Balaban J connectivity index is 2.22. The van der Waals surface area contributed by atoms with Gasteiger partial charge in [-0.25, -0.2) is 18.2 Å². The lowest BCUT2D eigenvalue weighted by Crippen LogP contribution is -2.55. The normalized spacial score (nSPS) is 18.8. The van der Waals surface area contributed by atoms with Gasteiger partial charge in [0.2, 0.25) is 11.9 Å². The van der Waals surface area contributed by atoms with E-state index >= 15 is 0 Å². The van der Waals surface area contributed by atoms with E-state index in [0.29, 0.717) is 19.5 Å². The first-order valence-corrected chi connectivity index (χ1v) is 6.61. The summed E-state index contributed by atoms with van der Waals surface area (Å²) in [6.07, 6.45) is -1.17. The zero-order valence-electron chi connectivity index (χ0n) is 11.4. The second-order valence-electron chi connectivity index (χ2n) is 4.55. The van der Waals surface area contributed by atoms with Crippen LogP contribution in [-0.2, 0) is 4.79 Å². The molecule has 9 heteroatoms. The van der Waals surface area contributed by atoms with Crippen LogP contribution in [0.3, 0.4) is 0 Å². The van der Waals surface area contributed by atoms with E-state index in [2.05, 4.69) is 20.6 Å². The summed E-state index contributed by atoms with van der Waals surface area (Å²) >= 11 is 0. The molecular formula is C12H16F3N5O. The average molecular weight is 303 g/mol. The number of carbonyl (C=O) groups excluding carboxylic acids is 1. The van der Waals surface area contributed by atoms with Gasteiger partial charge >= 0.3 is 0 Å². The third-order valence-electron chi connectivity index (χ3n) is 3.13. The third-order valence-corrected chi connectivity index (χ3v) is 3.13. The van der Waals surface area contributed by atoms with Crippen LogP contribution >= 0.6 is 0 Å². The number of amides is 1. The van der Waals surface area contributed by atoms with Gasteiger partial charge in [-0.15, -0.1) is 0 Å². The van der Waals surface area contributed by atoms with Crippen LogP contribution in [0.2, 0.25) is 0 Å². The van der Waals surface area contributed by atoms with Crippen LogP contribution in [0, 0.1) is 5.82 Å². The molecule has 0 saturated carbocycles. The lowest BCUT2D eigenvalue weighted by molar-refractivity contribution is -0.123. The maximum atomic E-state index is 13.5. The van der Waals surface area contributed by atoms with Crippen LogP contribution in [-0.4, -0.2) is 48.0 Å². The van der Waals surface area contributed by atoms with E-state index in [-0.39, 0.29) is 17.7 Å². The Hall–Kier alpha value is -2.06. The number of hydrogen-bond donors (Lipinski definition) is 2. The summed E-state index contributed by atoms with van der Waals surface area (Å²) in [7, 11) is 0. The van der Waals surface area contributed by atoms with Crippen molar-refractivity contribution in [2.24, 2.45) is 0 Å². The molecule has 0 bridgehead atoms. The number of nitrogens with zero attached hydrogens (tertiary/aromatic N) is 3. The summed E-state index contributed by atoms with van der Waals surface area (Å²) in [4.78, 5) is 21.2. The Labute approximate surface area is 119 Å². The quantitative estimate of drug-likeness (QED) is 0.849. The Morgan fingerprint density at radius 1 is 1.57 bits per heavy atom. The SMILES string of the molecule is CC[C@H]1C(=O)NCCN1c1ncc(F)c(NCC(F)F)n1. The standard InChI is InChI=1S/C12H16F3N5O/c1-2-8-11(21)16-3-4-20(8)12-18-5-7(13)10(19-12)17-6-9(14)15/h5,8-9H,2-4,6H2,1H3,(H,16,21)(H,17,18,19)/t8-/m0/s1. The Bertz CT molecular complexity index is 514. The lowest BCUT2D eigenvalue weighted by Gasteiger charge is -2.34. The molecule has 0 aromatic carbocycles. The Kier molecular flexibility index (Phi) is 4.81. The number of carbonyl (C=O) groups is 1. The maximum Gasteiger partial charge on any atom is 0.255 e. The summed E-state index contributed by atoms with van der Waals surface area (Å²) in [6, 6.07) is -0.452. The first kappa shape index (κ1) is 15.3. The predicted molar refractivity (Wildman–Crippen MR) is 70.9 cm³/mol. The van der Waals surface area contributed by atoms with E-state index in [9.17, 15) is 18.0 Å². The molecule has 1 aromatic rings. The summed E-state index contributed by atoms with van der Waals surface area (Å²) in [5, 5.41) is 4.96. The summed E-state index contributed by atoms with van der Waals surface area (Å²) < 4.78 is 37.9. The van der Waals surface area contributed by atoms with Crippen LogP contribution < -0.4 is 15.5 Å². The first-order valence-electron chi connectivity index (χ1n) is 6.61. The molecule has 1 fully saturated rings. The van der Waals surface area contributed by atoms with E-state index in [0.717, 1.165) is 6.20 Å². The third kappa shape index (κ3) is 3.53. The number of hydrogen-bond acceptors (Lipinski definition) is 5. The molecule has 0 spiro atoms. The zero-order valence-corrected chi connectivity index (χ0v) is 11.4. The molecule has 21 heavy (non-hydrogen) atoms. The van der Waals surface area contributed by atoms with Gasteiger partial charge in [0.1, 0.15) is 6.04 Å². The number of alkyl halides is 2. The molecule has 1 atom stereocenters. The maximum absolute atomic E-state index is 13.5. The van der Waals surface area contributed by atoms with E-state index in [1.807, 2.05) is 6.92 Å². The van der Waals surface area contributed by atoms with Gasteiger partial charge in [-0.05, 0) is 6.42 Å². The van der Waals surface area contributed by atoms with Crippen LogP contribution in [0.1, 0.15) is 13.3 Å². The van der Waals surface area contributed by atoms with E-state index in [1.165, 1.54) is 0 Å². The molecule has 116 valence electrons. The molecule has 2 heterocycles. The van der Waals surface area contributed by atoms with Crippen molar-refractivity contribution in [1.29, 1.82) is 0 Å². The number of anilines is 2. The number of nitrogens with one attached hydrogen (secondary N) is 2. The second kappa shape index (κ2) is 6.59. The van der Waals surface area contributed by atoms with Gasteiger partial charge in [0.15, 0.2) is 11.6 Å². The van der Waals surface area contributed by atoms with E-state index in [4.69, 9.17) is 0 Å². The van der Waals surface area contributed by atoms with Crippen molar-refractivity contribution in [3.63, 3.8) is 0 Å². The molecule has 2 N–H and O–H groups in total.